The van der Waals surface area contributed by atoms with Gasteiger partial charge in [0.1, 0.15) is 0 Å². The standard InChI is InChI=1S/C15H24O2/c1-6-12(14(16)17)9-10(2)13-8-7-11(3)15(13,4)5/h7,12-13H,2,6,8-9H2,1,3-5H3,(H,16,17)/t12?,13-/m1/s1. The molecule has 0 saturated carbocycles. The predicted molar refractivity (Wildman–Crippen MR) is 70.8 cm³/mol. The van der Waals surface area contributed by atoms with Crippen LogP contribution in [0.4, 0.5) is 0 Å². The lowest BCUT2D eigenvalue weighted by atomic mass is 9.72. The van der Waals surface area contributed by atoms with E-state index in [4.69, 9.17) is 5.11 Å². The molecule has 2 atom stereocenters. The van der Waals surface area contributed by atoms with Gasteiger partial charge in [-0.3, -0.25) is 4.79 Å². The smallest absolute Gasteiger partial charge is 0.306 e. The van der Waals surface area contributed by atoms with Crippen LogP contribution in [0, 0.1) is 17.3 Å². The molecule has 0 amide bonds. The molecule has 0 bridgehead atoms. The highest BCUT2D eigenvalue weighted by Crippen LogP contribution is 2.47. The second-order valence-corrected chi connectivity index (χ2v) is 5.70. The lowest BCUT2D eigenvalue weighted by molar-refractivity contribution is -0.141. The molecule has 1 aliphatic rings. The first-order valence-electron chi connectivity index (χ1n) is 6.38. The van der Waals surface area contributed by atoms with E-state index in [1.807, 2.05) is 6.92 Å². The minimum Gasteiger partial charge on any atom is -0.481 e. The molecule has 0 fully saturated rings. The molecular formula is C15H24O2. The number of hydrogen-bond donors (Lipinski definition) is 1. The third-order valence-corrected chi connectivity index (χ3v) is 4.39. The minimum atomic E-state index is -0.700. The van der Waals surface area contributed by atoms with Crippen molar-refractivity contribution in [1.82, 2.24) is 0 Å². The maximum atomic E-state index is 11.1. The van der Waals surface area contributed by atoms with Crippen LogP contribution in [-0.4, -0.2) is 11.1 Å². The highest BCUT2D eigenvalue weighted by atomic mass is 16.4. The van der Waals surface area contributed by atoms with Crippen LogP contribution in [0.3, 0.4) is 0 Å². The van der Waals surface area contributed by atoms with Gasteiger partial charge in [0, 0.05) is 0 Å². The molecule has 96 valence electrons. The normalized spacial score (nSPS) is 24.2. The van der Waals surface area contributed by atoms with Crippen molar-refractivity contribution in [2.24, 2.45) is 17.3 Å². The lowest BCUT2D eigenvalue weighted by Crippen LogP contribution is -2.24. The first-order valence-corrected chi connectivity index (χ1v) is 6.38. The van der Waals surface area contributed by atoms with Crippen molar-refractivity contribution >= 4 is 5.97 Å². The van der Waals surface area contributed by atoms with E-state index in [-0.39, 0.29) is 11.3 Å². The molecule has 1 aliphatic carbocycles. The lowest BCUT2D eigenvalue weighted by Gasteiger charge is -2.32. The molecule has 1 N–H and O–H groups in total. The number of allylic oxidation sites excluding steroid dienone is 3. The maximum absolute atomic E-state index is 11.1. The van der Waals surface area contributed by atoms with Crippen LogP contribution < -0.4 is 0 Å². The van der Waals surface area contributed by atoms with Crippen molar-refractivity contribution in [1.29, 1.82) is 0 Å². The molecule has 0 aromatic carbocycles. The molecule has 0 radical (unpaired) electrons. The average molecular weight is 236 g/mol. The number of hydrogen-bond acceptors (Lipinski definition) is 1. The monoisotopic (exact) mass is 236 g/mol. The summed E-state index contributed by atoms with van der Waals surface area (Å²) in [4.78, 5) is 11.1. The molecule has 1 rings (SSSR count). The van der Waals surface area contributed by atoms with E-state index in [9.17, 15) is 4.79 Å². The van der Waals surface area contributed by atoms with Gasteiger partial charge in [-0.2, -0.15) is 0 Å². The Labute approximate surface area is 104 Å². The highest BCUT2D eigenvalue weighted by Gasteiger charge is 2.37. The fourth-order valence-electron chi connectivity index (χ4n) is 2.67. The molecule has 17 heavy (non-hydrogen) atoms. The van der Waals surface area contributed by atoms with Gasteiger partial charge >= 0.3 is 5.97 Å². The fraction of sp³-hybridized carbons (Fsp3) is 0.667. The van der Waals surface area contributed by atoms with E-state index in [1.165, 1.54) is 5.57 Å². The number of rotatable bonds is 5. The van der Waals surface area contributed by atoms with Crippen LogP contribution in [0.15, 0.2) is 23.8 Å². The minimum absolute atomic E-state index is 0.133. The largest absolute Gasteiger partial charge is 0.481 e. The van der Waals surface area contributed by atoms with Crippen LogP contribution in [-0.2, 0) is 4.79 Å². The molecule has 0 aliphatic heterocycles. The molecule has 0 saturated heterocycles. The van der Waals surface area contributed by atoms with E-state index < -0.39 is 5.97 Å². The Hall–Kier alpha value is -1.05. The molecule has 2 nitrogen and oxygen atoms in total. The van der Waals surface area contributed by atoms with Gasteiger partial charge in [0.15, 0.2) is 0 Å². The van der Waals surface area contributed by atoms with Crippen LogP contribution in [0.5, 0.6) is 0 Å². The molecule has 0 aromatic rings. The van der Waals surface area contributed by atoms with Crippen molar-refractivity contribution in [3.63, 3.8) is 0 Å². The summed E-state index contributed by atoms with van der Waals surface area (Å²) < 4.78 is 0. The Balaban J connectivity index is 2.70. The van der Waals surface area contributed by atoms with Crippen LogP contribution in [0.2, 0.25) is 0 Å². The summed E-state index contributed by atoms with van der Waals surface area (Å²) in [5, 5.41) is 9.09. The third-order valence-electron chi connectivity index (χ3n) is 4.39. The van der Waals surface area contributed by atoms with Gasteiger partial charge in [0.2, 0.25) is 0 Å². The quantitative estimate of drug-likeness (QED) is 0.731. The number of carboxylic acid groups (broad SMARTS) is 1. The Morgan fingerprint density at radius 1 is 1.65 bits per heavy atom. The van der Waals surface area contributed by atoms with Crippen LogP contribution in [0.25, 0.3) is 0 Å². The summed E-state index contributed by atoms with van der Waals surface area (Å²) in [6.45, 7) is 12.7. The zero-order valence-electron chi connectivity index (χ0n) is 11.4. The highest BCUT2D eigenvalue weighted by molar-refractivity contribution is 5.70. The first kappa shape index (κ1) is 14.0. The summed E-state index contributed by atoms with van der Waals surface area (Å²) in [5.41, 5.74) is 2.62. The zero-order chi connectivity index (χ0) is 13.2. The van der Waals surface area contributed by atoms with Crippen molar-refractivity contribution < 1.29 is 9.90 Å². The average Bonchev–Trinajstić information content (AvgIpc) is 2.50. The molecule has 2 heteroatoms. The summed E-state index contributed by atoms with van der Waals surface area (Å²) in [7, 11) is 0. The van der Waals surface area contributed by atoms with E-state index in [0.29, 0.717) is 18.8 Å². The van der Waals surface area contributed by atoms with Crippen molar-refractivity contribution in [3.8, 4) is 0 Å². The molecule has 1 unspecified atom stereocenters. The van der Waals surface area contributed by atoms with E-state index in [1.54, 1.807) is 0 Å². The summed E-state index contributed by atoms with van der Waals surface area (Å²) in [6.07, 6.45) is 4.56. The second kappa shape index (κ2) is 5.07. The topological polar surface area (TPSA) is 37.3 Å². The van der Waals surface area contributed by atoms with Crippen molar-refractivity contribution in [3.05, 3.63) is 23.8 Å². The third kappa shape index (κ3) is 2.80. The van der Waals surface area contributed by atoms with E-state index in [0.717, 1.165) is 12.0 Å². The Kier molecular flexibility index (Phi) is 4.18. The van der Waals surface area contributed by atoms with E-state index >= 15 is 0 Å². The number of carbonyl (C=O) groups is 1. The van der Waals surface area contributed by atoms with Gasteiger partial charge in [-0.05, 0) is 37.5 Å². The van der Waals surface area contributed by atoms with Crippen molar-refractivity contribution in [2.75, 3.05) is 0 Å². The van der Waals surface area contributed by atoms with Gasteiger partial charge in [0.25, 0.3) is 0 Å². The predicted octanol–water partition coefficient (Wildman–Crippen LogP) is 4.04. The second-order valence-electron chi connectivity index (χ2n) is 5.70. The summed E-state index contributed by atoms with van der Waals surface area (Å²) >= 11 is 0. The summed E-state index contributed by atoms with van der Waals surface area (Å²) in [6, 6.07) is 0. The number of aliphatic carboxylic acids is 1. The molecular weight excluding hydrogens is 212 g/mol. The number of carboxylic acids is 1. The van der Waals surface area contributed by atoms with Crippen LogP contribution >= 0.6 is 0 Å². The molecule has 0 heterocycles. The molecule has 0 spiro atoms. The summed E-state index contributed by atoms with van der Waals surface area (Å²) in [5.74, 6) is -0.579. The van der Waals surface area contributed by atoms with Crippen molar-refractivity contribution in [2.45, 2.75) is 47.0 Å². The zero-order valence-corrected chi connectivity index (χ0v) is 11.4. The Morgan fingerprint density at radius 2 is 2.24 bits per heavy atom. The van der Waals surface area contributed by atoms with Crippen LogP contribution in [0.1, 0.15) is 47.0 Å². The molecule has 0 aromatic heterocycles. The SMILES string of the molecule is C=C(CC(CC)C(=O)O)[C@H]1CC=C(C)C1(C)C. The maximum Gasteiger partial charge on any atom is 0.306 e. The first-order chi connectivity index (χ1) is 7.80. The fourth-order valence-corrected chi connectivity index (χ4v) is 2.67. The Bertz CT molecular complexity index is 350. The Morgan fingerprint density at radius 3 is 2.59 bits per heavy atom. The van der Waals surface area contributed by atoms with Gasteiger partial charge in [-0.25, -0.2) is 0 Å². The van der Waals surface area contributed by atoms with Gasteiger partial charge in [-0.15, -0.1) is 0 Å². The van der Waals surface area contributed by atoms with Gasteiger partial charge < -0.3 is 5.11 Å². The van der Waals surface area contributed by atoms with E-state index in [2.05, 4.69) is 33.4 Å². The van der Waals surface area contributed by atoms with Gasteiger partial charge in [-0.1, -0.05) is 44.6 Å². The van der Waals surface area contributed by atoms with Gasteiger partial charge in [0.05, 0.1) is 5.92 Å².